The van der Waals surface area contributed by atoms with E-state index in [1.807, 2.05) is 19.1 Å². The first-order chi connectivity index (χ1) is 9.76. The van der Waals surface area contributed by atoms with Gasteiger partial charge in [0.25, 0.3) is 0 Å². The van der Waals surface area contributed by atoms with Gasteiger partial charge in [-0.3, -0.25) is 4.99 Å². The van der Waals surface area contributed by atoms with Gasteiger partial charge in [-0.15, -0.1) is 0 Å². The third-order valence-electron chi connectivity index (χ3n) is 3.61. The van der Waals surface area contributed by atoms with Crippen LogP contribution in [-0.2, 0) is 0 Å². The Morgan fingerprint density at radius 2 is 2.30 bits per heavy atom. The van der Waals surface area contributed by atoms with Gasteiger partial charge >= 0.3 is 0 Å². The molecule has 4 rings (SSSR count). The van der Waals surface area contributed by atoms with Crippen LogP contribution in [0, 0.1) is 6.92 Å². The second kappa shape index (κ2) is 4.40. The Morgan fingerprint density at radius 1 is 1.40 bits per heavy atom. The summed E-state index contributed by atoms with van der Waals surface area (Å²) in [7, 11) is 0. The first-order valence-corrected chi connectivity index (χ1v) is 7.42. The van der Waals surface area contributed by atoms with E-state index in [0.717, 1.165) is 51.2 Å². The first kappa shape index (κ1) is 12.1. The van der Waals surface area contributed by atoms with Crippen molar-refractivity contribution in [2.75, 3.05) is 19.7 Å². The SMILES string of the molecule is Cc1cc2cc(C3=C(CO)SC4=NCCN43)ccc2o1. The third kappa shape index (κ3) is 1.70. The van der Waals surface area contributed by atoms with Gasteiger partial charge in [0.2, 0.25) is 0 Å². The first-order valence-electron chi connectivity index (χ1n) is 6.60. The highest BCUT2D eigenvalue weighted by Gasteiger charge is 2.32. The fourth-order valence-corrected chi connectivity index (χ4v) is 3.84. The van der Waals surface area contributed by atoms with E-state index in [0.29, 0.717) is 0 Å². The van der Waals surface area contributed by atoms with E-state index in [9.17, 15) is 5.11 Å². The van der Waals surface area contributed by atoms with Crippen LogP contribution in [0.5, 0.6) is 0 Å². The molecule has 102 valence electrons. The van der Waals surface area contributed by atoms with E-state index < -0.39 is 0 Å². The molecular weight excluding hydrogens is 272 g/mol. The Labute approximate surface area is 120 Å². The molecule has 0 fully saturated rings. The second-order valence-electron chi connectivity index (χ2n) is 4.96. The van der Waals surface area contributed by atoms with Gasteiger partial charge in [-0.2, -0.15) is 0 Å². The van der Waals surface area contributed by atoms with E-state index in [4.69, 9.17) is 4.42 Å². The number of benzene rings is 1. The van der Waals surface area contributed by atoms with Gasteiger partial charge in [-0.25, -0.2) is 0 Å². The summed E-state index contributed by atoms with van der Waals surface area (Å²) >= 11 is 1.58. The number of aliphatic imine (C=N–C) groups is 1. The van der Waals surface area contributed by atoms with E-state index in [1.54, 1.807) is 11.8 Å². The Hall–Kier alpha value is -1.72. The van der Waals surface area contributed by atoms with Gasteiger partial charge in [-0.05, 0) is 36.8 Å². The number of aryl methyl sites for hydroxylation is 1. The Bertz CT molecular complexity index is 760. The van der Waals surface area contributed by atoms with Crippen molar-refractivity contribution in [1.29, 1.82) is 0 Å². The zero-order chi connectivity index (χ0) is 13.7. The number of hydrogen-bond donors (Lipinski definition) is 1. The molecule has 0 amide bonds. The van der Waals surface area contributed by atoms with Crippen LogP contribution < -0.4 is 0 Å². The van der Waals surface area contributed by atoms with Crippen LogP contribution in [0.1, 0.15) is 11.3 Å². The van der Waals surface area contributed by atoms with Crippen LogP contribution in [0.3, 0.4) is 0 Å². The predicted molar refractivity (Wildman–Crippen MR) is 81.6 cm³/mol. The molecule has 0 bridgehead atoms. The lowest BCUT2D eigenvalue weighted by atomic mass is 10.1. The highest BCUT2D eigenvalue weighted by atomic mass is 32.2. The summed E-state index contributed by atoms with van der Waals surface area (Å²) in [5, 5.41) is 11.7. The molecule has 1 aromatic heterocycles. The molecule has 0 atom stereocenters. The summed E-state index contributed by atoms with van der Waals surface area (Å²) in [5.41, 5.74) is 3.11. The molecule has 0 saturated heterocycles. The van der Waals surface area contributed by atoms with Crippen LogP contribution >= 0.6 is 11.8 Å². The lowest BCUT2D eigenvalue weighted by molar-refractivity contribution is 0.339. The summed E-state index contributed by atoms with van der Waals surface area (Å²) in [6, 6.07) is 8.21. The number of amidine groups is 1. The molecule has 0 unspecified atom stereocenters. The van der Waals surface area contributed by atoms with E-state index in [-0.39, 0.29) is 6.61 Å². The summed E-state index contributed by atoms with van der Waals surface area (Å²) in [6.07, 6.45) is 0. The maximum atomic E-state index is 9.59. The number of aliphatic hydroxyl groups is 1. The van der Waals surface area contributed by atoms with E-state index in [1.165, 1.54) is 0 Å². The Kier molecular flexibility index (Phi) is 2.65. The molecule has 1 N–H and O–H groups in total. The van der Waals surface area contributed by atoms with Gasteiger partial charge in [0, 0.05) is 16.8 Å². The molecule has 0 spiro atoms. The fourth-order valence-electron chi connectivity index (χ4n) is 2.78. The number of fused-ring (bicyclic) bond motifs is 2. The number of thioether (sulfide) groups is 1. The molecule has 2 aliphatic rings. The summed E-state index contributed by atoms with van der Waals surface area (Å²) in [6.45, 7) is 3.73. The Morgan fingerprint density at radius 3 is 3.15 bits per heavy atom. The van der Waals surface area contributed by atoms with Crippen LogP contribution in [0.2, 0.25) is 0 Å². The maximum absolute atomic E-state index is 9.59. The van der Waals surface area contributed by atoms with Crippen molar-refractivity contribution in [3.8, 4) is 0 Å². The normalized spacial score (nSPS) is 18.1. The lowest BCUT2D eigenvalue weighted by Crippen LogP contribution is -2.20. The number of nitrogens with zero attached hydrogens (tertiary/aromatic N) is 2. The molecule has 2 aromatic rings. The minimum absolute atomic E-state index is 0.0535. The molecule has 20 heavy (non-hydrogen) atoms. The summed E-state index contributed by atoms with van der Waals surface area (Å²) < 4.78 is 5.62. The predicted octanol–water partition coefficient (Wildman–Crippen LogP) is 2.82. The standard InChI is InChI=1S/C15H14N2O2S/c1-9-6-11-7-10(2-3-12(11)19-9)14-13(8-18)20-15-16-4-5-17(14)15/h2-3,6-7,18H,4-5,8H2,1H3. The summed E-state index contributed by atoms with van der Waals surface area (Å²) in [5.74, 6) is 0.915. The van der Waals surface area contributed by atoms with Crippen LogP contribution in [0.15, 0.2) is 38.6 Å². The number of aliphatic hydroxyl groups excluding tert-OH is 1. The molecule has 0 aliphatic carbocycles. The maximum Gasteiger partial charge on any atom is 0.168 e. The smallest absolute Gasteiger partial charge is 0.168 e. The van der Waals surface area contributed by atoms with Crippen LogP contribution in [0.25, 0.3) is 16.7 Å². The zero-order valence-corrected chi connectivity index (χ0v) is 11.9. The van der Waals surface area contributed by atoms with Crippen molar-refractivity contribution >= 4 is 33.6 Å². The van der Waals surface area contributed by atoms with Crippen molar-refractivity contribution < 1.29 is 9.52 Å². The average Bonchev–Trinajstić information content (AvgIpc) is 3.08. The van der Waals surface area contributed by atoms with E-state index >= 15 is 0 Å². The molecule has 4 nitrogen and oxygen atoms in total. The number of furan rings is 1. The topological polar surface area (TPSA) is 49.0 Å². The monoisotopic (exact) mass is 286 g/mol. The minimum Gasteiger partial charge on any atom is -0.461 e. The van der Waals surface area contributed by atoms with Gasteiger partial charge in [0.1, 0.15) is 11.3 Å². The molecule has 5 heteroatoms. The molecular formula is C15H14N2O2S. The molecule has 0 radical (unpaired) electrons. The van der Waals surface area contributed by atoms with Crippen molar-refractivity contribution in [2.24, 2.45) is 4.99 Å². The van der Waals surface area contributed by atoms with Gasteiger partial charge < -0.3 is 14.4 Å². The number of rotatable bonds is 2. The van der Waals surface area contributed by atoms with Crippen molar-refractivity contribution in [2.45, 2.75) is 6.92 Å². The lowest BCUT2D eigenvalue weighted by Gasteiger charge is -2.17. The van der Waals surface area contributed by atoms with E-state index in [2.05, 4.69) is 22.0 Å². The zero-order valence-electron chi connectivity index (χ0n) is 11.1. The van der Waals surface area contributed by atoms with Gasteiger partial charge in [0.05, 0.1) is 18.8 Å². The van der Waals surface area contributed by atoms with Gasteiger partial charge in [-0.1, -0.05) is 11.8 Å². The number of hydrogen-bond acceptors (Lipinski definition) is 5. The molecule has 0 saturated carbocycles. The Balaban J connectivity index is 1.86. The minimum atomic E-state index is 0.0535. The molecule has 3 heterocycles. The largest absolute Gasteiger partial charge is 0.461 e. The van der Waals surface area contributed by atoms with Crippen LogP contribution in [-0.4, -0.2) is 34.9 Å². The van der Waals surface area contributed by atoms with Crippen LogP contribution in [0.4, 0.5) is 0 Å². The summed E-state index contributed by atoms with van der Waals surface area (Å²) in [4.78, 5) is 7.65. The average molecular weight is 286 g/mol. The highest BCUT2D eigenvalue weighted by molar-refractivity contribution is 8.17. The highest BCUT2D eigenvalue weighted by Crippen LogP contribution is 2.41. The van der Waals surface area contributed by atoms with Crippen molar-refractivity contribution in [3.05, 3.63) is 40.5 Å². The quantitative estimate of drug-likeness (QED) is 0.922. The van der Waals surface area contributed by atoms with Gasteiger partial charge in [0.15, 0.2) is 5.17 Å². The molecule has 2 aliphatic heterocycles. The third-order valence-corrected chi connectivity index (χ3v) is 4.71. The fraction of sp³-hybridized carbons (Fsp3) is 0.267. The molecule has 1 aromatic carbocycles. The van der Waals surface area contributed by atoms with Crippen molar-refractivity contribution in [1.82, 2.24) is 4.90 Å². The van der Waals surface area contributed by atoms with Crippen molar-refractivity contribution in [3.63, 3.8) is 0 Å². The second-order valence-corrected chi connectivity index (χ2v) is 6.02.